The summed E-state index contributed by atoms with van der Waals surface area (Å²) >= 11 is 0. The molecule has 2 aromatic carbocycles. The minimum absolute atomic E-state index is 0.00945. The first-order valence-electron chi connectivity index (χ1n) is 8.11. The molecule has 7 heteroatoms. The van der Waals surface area contributed by atoms with E-state index >= 15 is 0 Å². The van der Waals surface area contributed by atoms with Gasteiger partial charge in [0.15, 0.2) is 9.84 Å². The van der Waals surface area contributed by atoms with Crippen molar-refractivity contribution in [2.45, 2.75) is 31.7 Å². The van der Waals surface area contributed by atoms with Crippen molar-refractivity contribution < 1.29 is 18.0 Å². The van der Waals surface area contributed by atoms with Crippen LogP contribution in [0.4, 0.5) is 5.69 Å². The number of aryl methyl sites for hydroxylation is 1. The van der Waals surface area contributed by atoms with Gasteiger partial charge in [-0.2, -0.15) is 0 Å². The average Bonchev–Trinajstić information content (AvgIpc) is 2.55. The molecule has 0 aromatic heterocycles. The van der Waals surface area contributed by atoms with Crippen LogP contribution in [0.15, 0.2) is 47.4 Å². The molecule has 0 saturated heterocycles. The lowest BCUT2D eigenvalue weighted by atomic mass is 10.1. The van der Waals surface area contributed by atoms with Gasteiger partial charge in [-0.3, -0.25) is 9.59 Å². The zero-order valence-electron chi connectivity index (χ0n) is 15.2. The summed E-state index contributed by atoms with van der Waals surface area (Å²) in [4.78, 5) is 24.7. The van der Waals surface area contributed by atoms with Crippen molar-refractivity contribution in [1.29, 1.82) is 0 Å². The fourth-order valence-corrected chi connectivity index (χ4v) is 2.92. The number of hydrogen-bond donors (Lipinski definition) is 2. The molecule has 0 aliphatic heterocycles. The van der Waals surface area contributed by atoms with Gasteiger partial charge in [0, 0.05) is 29.1 Å². The molecular formula is C19H22N2O4S. The van der Waals surface area contributed by atoms with Gasteiger partial charge in [-0.25, -0.2) is 8.42 Å². The van der Waals surface area contributed by atoms with Crippen molar-refractivity contribution >= 4 is 27.3 Å². The van der Waals surface area contributed by atoms with Gasteiger partial charge in [0.05, 0.1) is 4.90 Å². The Morgan fingerprint density at radius 3 is 2.04 bits per heavy atom. The topological polar surface area (TPSA) is 92.3 Å². The normalized spacial score (nSPS) is 11.3. The summed E-state index contributed by atoms with van der Waals surface area (Å²) in [5.74, 6) is -0.595. The van der Waals surface area contributed by atoms with Crippen molar-refractivity contribution in [1.82, 2.24) is 5.32 Å². The fraction of sp³-hybridized carbons (Fsp3) is 0.263. The first-order valence-corrected chi connectivity index (χ1v) is 10.00. The molecule has 26 heavy (non-hydrogen) atoms. The molecule has 0 saturated carbocycles. The Morgan fingerprint density at radius 1 is 0.923 bits per heavy atom. The van der Waals surface area contributed by atoms with E-state index in [0.29, 0.717) is 16.8 Å². The van der Waals surface area contributed by atoms with Gasteiger partial charge < -0.3 is 10.6 Å². The molecule has 0 atom stereocenters. The van der Waals surface area contributed by atoms with E-state index < -0.39 is 9.84 Å². The summed E-state index contributed by atoms with van der Waals surface area (Å²) in [6.45, 7) is 5.57. The number of amides is 2. The molecular weight excluding hydrogens is 352 g/mol. The molecule has 6 nitrogen and oxygen atoms in total. The summed E-state index contributed by atoms with van der Waals surface area (Å²) in [6.07, 6.45) is 1.11. The largest absolute Gasteiger partial charge is 0.350 e. The average molecular weight is 374 g/mol. The smallest absolute Gasteiger partial charge is 0.255 e. The number of anilines is 1. The second-order valence-electron chi connectivity index (χ2n) is 6.41. The zero-order chi connectivity index (χ0) is 19.5. The Bertz CT molecular complexity index is 933. The van der Waals surface area contributed by atoms with E-state index in [1.54, 1.807) is 18.2 Å². The molecule has 0 radical (unpaired) electrons. The molecule has 138 valence electrons. The highest BCUT2D eigenvalue weighted by Crippen LogP contribution is 2.19. The van der Waals surface area contributed by atoms with Gasteiger partial charge >= 0.3 is 0 Å². The van der Waals surface area contributed by atoms with Crippen LogP contribution < -0.4 is 10.6 Å². The van der Waals surface area contributed by atoms with Crippen LogP contribution in [0.25, 0.3) is 0 Å². The minimum Gasteiger partial charge on any atom is -0.350 e. The standard InChI is InChI=1S/C19H22N2O4S/c1-12(2)20-19(23)15-6-5-13(3)17(11-15)21-18(22)14-7-9-16(10-8-14)26(4,24)25/h5-12H,1-4H3,(H,20,23)(H,21,22). The summed E-state index contributed by atoms with van der Waals surface area (Å²) in [7, 11) is -3.31. The number of carbonyl (C=O) groups is 2. The summed E-state index contributed by atoms with van der Waals surface area (Å²) in [5, 5.41) is 5.57. The highest BCUT2D eigenvalue weighted by molar-refractivity contribution is 7.90. The van der Waals surface area contributed by atoms with E-state index in [9.17, 15) is 18.0 Å². The first kappa shape index (κ1) is 19.7. The van der Waals surface area contributed by atoms with Crippen LogP contribution in [-0.2, 0) is 9.84 Å². The monoisotopic (exact) mass is 374 g/mol. The molecule has 0 heterocycles. The van der Waals surface area contributed by atoms with E-state index in [1.807, 2.05) is 20.8 Å². The highest BCUT2D eigenvalue weighted by atomic mass is 32.2. The highest BCUT2D eigenvalue weighted by Gasteiger charge is 2.13. The molecule has 0 unspecified atom stereocenters. The van der Waals surface area contributed by atoms with E-state index in [0.717, 1.165) is 11.8 Å². The number of sulfone groups is 1. The van der Waals surface area contributed by atoms with Gasteiger partial charge in [0.1, 0.15) is 0 Å². The van der Waals surface area contributed by atoms with Gasteiger partial charge in [-0.1, -0.05) is 6.07 Å². The molecule has 2 N–H and O–H groups in total. The third kappa shape index (κ3) is 4.92. The van der Waals surface area contributed by atoms with Crippen LogP contribution in [0.3, 0.4) is 0 Å². The van der Waals surface area contributed by atoms with E-state index in [-0.39, 0.29) is 22.8 Å². The quantitative estimate of drug-likeness (QED) is 0.842. The summed E-state index contributed by atoms with van der Waals surface area (Å²) in [5.41, 5.74) is 2.12. The number of carbonyl (C=O) groups excluding carboxylic acids is 2. The lowest BCUT2D eigenvalue weighted by Gasteiger charge is -2.12. The SMILES string of the molecule is Cc1ccc(C(=O)NC(C)C)cc1NC(=O)c1ccc(S(C)(=O)=O)cc1. The number of benzene rings is 2. The van der Waals surface area contributed by atoms with Gasteiger partial charge in [-0.15, -0.1) is 0 Å². The van der Waals surface area contributed by atoms with Crippen LogP contribution >= 0.6 is 0 Å². The number of rotatable bonds is 5. The molecule has 2 aromatic rings. The molecule has 0 aliphatic rings. The maximum atomic E-state index is 12.4. The number of hydrogen-bond acceptors (Lipinski definition) is 4. The minimum atomic E-state index is -3.31. The van der Waals surface area contributed by atoms with Crippen molar-refractivity contribution in [3.63, 3.8) is 0 Å². The van der Waals surface area contributed by atoms with Crippen LogP contribution in [0.2, 0.25) is 0 Å². The van der Waals surface area contributed by atoms with Crippen molar-refractivity contribution in [2.24, 2.45) is 0 Å². The van der Waals surface area contributed by atoms with Gasteiger partial charge in [-0.05, 0) is 62.7 Å². The number of nitrogens with one attached hydrogen (secondary N) is 2. The predicted molar refractivity (Wildman–Crippen MR) is 101 cm³/mol. The lowest BCUT2D eigenvalue weighted by Crippen LogP contribution is -2.30. The third-order valence-electron chi connectivity index (χ3n) is 3.71. The molecule has 2 rings (SSSR count). The van der Waals surface area contributed by atoms with Crippen LogP contribution in [-0.4, -0.2) is 32.5 Å². The zero-order valence-corrected chi connectivity index (χ0v) is 16.0. The summed E-state index contributed by atoms with van der Waals surface area (Å²) < 4.78 is 23.0. The molecule has 0 bridgehead atoms. The third-order valence-corrected chi connectivity index (χ3v) is 4.84. The lowest BCUT2D eigenvalue weighted by molar-refractivity contribution is 0.0941. The maximum absolute atomic E-state index is 12.4. The predicted octanol–water partition coefficient (Wildman–Crippen LogP) is 2.79. The van der Waals surface area contributed by atoms with Gasteiger partial charge in [0.25, 0.3) is 11.8 Å². The van der Waals surface area contributed by atoms with Crippen LogP contribution in [0, 0.1) is 6.92 Å². The van der Waals surface area contributed by atoms with Crippen molar-refractivity contribution in [3.05, 3.63) is 59.2 Å². The van der Waals surface area contributed by atoms with E-state index in [2.05, 4.69) is 10.6 Å². The fourth-order valence-electron chi connectivity index (χ4n) is 2.29. The maximum Gasteiger partial charge on any atom is 0.255 e. The Kier molecular flexibility index (Phi) is 5.82. The van der Waals surface area contributed by atoms with Crippen LogP contribution in [0.5, 0.6) is 0 Å². The van der Waals surface area contributed by atoms with E-state index in [1.165, 1.54) is 24.3 Å². The Balaban J connectivity index is 2.22. The Hall–Kier alpha value is -2.67. The second-order valence-corrected chi connectivity index (χ2v) is 8.42. The molecule has 0 spiro atoms. The molecule has 0 aliphatic carbocycles. The van der Waals surface area contributed by atoms with Crippen molar-refractivity contribution in [3.8, 4) is 0 Å². The van der Waals surface area contributed by atoms with Gasteiger partial charge in [0.2, 0.25) is 0 Å². The van der Waals surface area contributed by atoms with E-state index in [4.69, 9.17) is 0 Å². The summed E-state index contributed by atoms with van der Waals surface area (Å²) in [6, 6.07) is 10.8. The van der Waals surface area contributed by atoms with Crippen LogP contribution in [0.1, 0.15) is 40.1 Å². The van der Waals surface area contributed by atoms with Crippen molar-refractivity contribution in [2.75, 3.05) is 11.6 Å². The first-order chi connectivity index (χ1) is 12.1. The molecule has 0 fully saturated rings. The second kappa shape index (κ2) is 7.70. The Labute approximate surface area is 153 Å². The Morgan fingerprint density at radius 2 is 1.50 bits per heavy atom. The molecule has 2 amide bonds.